The molecular formula is C13H16N4O2S. The first-order valence-corrected chi connectivity index (χ1v) is 6.50. The maximum atomic E-state index is 12.1. The van der Waals surface area contributed by atoms with E-state index in [9.17, 15) is 4.79 Å². The van der Waals surface area contributed by atoms with Crippen LogP contribution in [0.15, 0.2) is 24.3 Å². The Morgan fingerprint density at radius 3 is 2.60 bits per heavy atom. The Labute approximate surface area is 121 Å². The van der Waals surface area contributed by atoms with Crippen LogP contribution in [0.5, 0.6) is 5.75 Å². The van der Waals surface area contributed by atoms with E-state index in [0.717, 1.165) is 0 Å². The van der Waals surface area contributed by atoms with E-state index >= 15 is 0 Å². The second-order valence-electron chi connectivity index (χ2n) is 4.37. The van der Waals surface area contributed by atoms with Gasteiger partial charge in [-0.05, 0) is 43.4 Å². The van der Waals surface area contributed by atoms with Gasteiger partial charge in [-0.15, -0.1) is 0 Å². The number of benzene rings is 1. The Morgan fingerprint density at radius 2 is 2.10 bits per heavy atom. The normalized spacial score (nSPS) is 11.9. The number of H-pyrrole nitrogens is 1. The highest BCUT2D eigenvalue weighted by molar-refractivity contribution is 7.71. The average molecular weight is 292 g/mol. The summed E-state index contributed by atoms with van der Waals surface area (Å²) < 4.78 is 7.31. The number of aromatic amines is 1. The summed E-state index contributed by atoms with van der Waals surface area (Å²) in [5.74, 6) is 1.22. The number of rotatable bonds is 4. The summed E-state index contributed by atoms with van der Waals surface area (Å²) in [5, 5.41) is 9.67. The summed E-state index contributed by atoms with van der Waals surface area (Å²) in [4.78, 5) is 12.1. The van der Waals surface area contributed by atoms with E-state index in [1.54, 1.807) is 43.0 Å². The predicted octanol–water partition coefficient (Wildman–Crippen LogP) is 1.98. The predicted molar refractivity (Wildman–Crippen MR) is 77.3 cm³/mol. The van der Waals surface area contributed by atoms with Gasteiger partial charge in [-0.2, -0.15) is 5.10 Å². The molecule has 20 heavy (non-hydrogen) atoms. The van der Waals surface area contributed by atoms with E-state index in [1.165, 1.54) is 0 Å². The minimum absolute atomic E-state index is 0.172. The number of aromatic nitrogens is 3. The van der Waals surface area contributed by atoms with Gasteiger partial charge in [0.25, 0.3) is 5.91 Å². The van der Waals surface area contributed by atoms with Gasteiger partial charge in [0.15, 0.2) is 10.6 Å². The SMILES string of the molecule is COc1ccc(C(=O)NC(C)c2n[nH]c(=S)n2C)cc1. The van der Waals surface area contributed by atoms with E-state index < -0.39 is 0 Å². The maximum Gasteiger partial charge on any atom is 0.251 e. The molecule has 2 N–H and O–H groups in total. The third-order valence-electron chi connectivity index (χ3n) is 3.00. The minimum atomic E-state index is -0.248. The lowest BCUT2D eigenvalue weighted by molar-refractivity contribution is 0.0937. The van der Waals surface area contributed by atoms with Crippen molar-refractivity contribution in [2.24, 2.45) is 7.05 Å². The lowest BCUT2D eigenvalue weighted by atomic mass is 10.2. The fourth-order valence-corrected chi connectivity index (χ4v) is 1.97. The molecule has 1 amide bonds. The first kappa shape index (κ1) is 14.3. The third kappa shape index (κ3) is 2.88. The second-order valence-corrected chi connectivity index (χ2v) is 4.76. The zero-order valence-electron chi connectivity index (χ0n) is 11.5. The van der Waals surface area contributed by atoms with E-state index in [4.69, 9.17) is 17.0 Å². The van der Waals surface area contributed by atoms with Crippen LogP contribution in [0.2, 0.25) is 0 Å². The Morgan fingerprint density at radius 1 is 1.45 bits per heavy atom. The molecule has 106 valence electrons. The monoisotopic (exact) mass is 292 g/mol. The molecule has 1 atom stereocenters. The Hall–Kier alpha value is -2.15. The van der Waals surface area contributed by atoms with Crippen molar-refractivity contribution in [2.45, 2.75) is 13.0 Å². The molecule has 0 aliphatic carbocycles. The van der Waals surface area contributed by atoms with Gasteiger partial charge in [-0.1, -0.05) is 0 Å². The number of carbonyl (C=O) groups is 1. The summed E-state index contributed by atoms with van der Waals surface area (Å²) in [6.45, 7) is 1.85. The van der Waals surface area contributed by atoms with Crippen molar-refractivity contribution in [1.82, 2.24) is 20.1 Å². The van der Waals surface area contributed by atoms with Crippen molar-refractivity contribution < 1.29 is 9.53 Å². The molecule has 2 aromatic rings. The van der Waals surface area contributed by atoms with E-state index in [0.29, 0.717) is 21.9 Å². The highest BCUT2D eigenvalue weighted by Gasteiger charge is 2.15. The first-order chi connectivity index (χ1) is 9.52. The molecule has 1 aromatic carbocycles. The molecule has 0 radical (unpaired) electrons. The maximum absolute atomic E-state index is 12.1. The Bertz CT molecular complexity index is 660. The standard InChI is InChI=1S/C13H16N4O2S/c1-8(11-15-16-13(20)17(11)2)14-12(18)9-4-6-10(19-3)7-5-9/h4-8H,1-3H3,(H,14,18)(H,16,20). The molecule has 0 saturated carbocycles. The molecule has 2 rings (SSSR count). The third-order valence-corrected chi connectivity index (χ3v) is 3.37. The molecule has 0 bridgehead atoms. The van der Waals surface area contributed by atoms with Gasteiger partial charge in [0.1, 0.15) is 5.75 Å². The summed E-state index contributed by atoms with van der Waals surface area (Å²) in [6.07, 6.45) is 0. The molecular weight excluding hydrogens is 276 g/mol. The number of hydrogen-bond acceptors (Lipinski definition) is 4. The second kappa shape index (κ2) is 5.87. The van der Waals surface area contributed by atoms with E-state index in [-0.39, 0.29) is 11.9 Å². The summed E-state index contributed by atoms with van der Waals surface area (Å²) in [6, 6.07) is 6.67. The van der Waals surface area contributed by atoms with Crippen LogP contribution < -0.4 is 10.1 Å². The van der Waals surface area contributed by atoms with Crippen molar-refractivity contribution in [1.29, 1.82) is 0 Å². The van der Waals surface area contributed by atoms with Gasteiger partial charge in [-0.3, -0.25) is 9.89 Å². The van der Waals surface area contributed by atoms with Gasteiger partial charge in [0.05, 0.1) is 13.2 Å². The Balaban J connectivity index is 2.10. The van der Waals surface area contributed by atoms with Crippen LogP contribution in [-0.2, 0) is 7.05 Å². The van der Waals surface area contributed by atoms with Crippen LogP contribution in [-0.4, -0.2) is 27.8 Å². The fraction of sp³-hybridized carbons (Fsp3) is 0.308. The highest BCUT2D eigenvalue weighted by Crippen LogP contribution is 2.13. The van der Waals surface area contributed by atoms with Gasteiger partial charge in [-0.25, -0.2) is 0 Å². The lowest BCUT2D eigenvalue weighted by Crippen LogP contribution is -2.28. The van der Waals surface area contributed by atoms with E-state index in [2.05, 4.69) is 15.5 Å². The van der Waals surface area contributed by atoms with Crippen molar-refractivity contribution >= 4 is 18.1 Å². The van der Waals surface area contributed by atoms with Crippen LogP contribution >= 0.6 is 12.2 Å². The van der Waals surface area contributed by atoms with Crippen LogP contribution in [0, 0.1) is 4.77 Å². The number of nitrogens with one attached hydrogen (secondary N) is 2. The van der Waals surface area contributed by atoms with Crippen LogP contribution in [0.3, 0.4) is 0 Å². The van der Waals surface area contributed by atoms with Crippen LogP contribution in [0.25, 0.3) is 0 Å². The molecule has 0 fully saturated rings. The van der Waals surface area contributed by atoms with Crippen molar-refractivity contribution in [3.05, 3.63) is 40.4 Å². The molecule has 7 heteroatoms. The first-order valence-electron chi connectivity index (χ1n) is 6.09. The number of hydrogen-bond donors (Lipinski definition) is 2. The zero-order chi connectivity index (χ0) is 14.7. The van der Waals surface area contributed by atoms with Gasteiger partial charge >= 0.3 is 0 Å². The number of carbonyl (C=O) groups excluding carboxylic acids is 1. The number of methoxy groups -OCH3 is 1. The van der Waals surface area contributed by atoms with Crippen LogP contribution in [0.4, 0.5) is 0 Å². The van der Waals surface area contributed by atoms with Crippen molar-refractivity contribution in [2.75, 3.05) is 7.11 Å². The highest BCUT2D eigenvalue weighted by atomic mass is 32.1. The molecule has 0 aliphatic heterocycles. The smallest absolute Gasteiger partial charge is 0.251 e. The quantitative estimate of drug-likeness (QED) is 0.845. The van der Waals surface area contributed by atoms with E-state index in [1.807, 2.05) is 6.92 Å². The van der Waals surface area contributed by atoms with Gasteiger partial charge in [0, 0.05) is 12.6 Å². The van der Waals surface area contributed by atoms with Crippen molar-refractivity contribution in [3.63, 3.8) is 0 Å². The fourth-order valence-electron chi connectivity index (χ4n) is 1.83. The number of ether oxygens (including phenoxy) is 1. The van der Waals surface area contributed by atoms with Crippen LogP contribution in [0.1, 0.15) is 29.1 Å². The average Bonchev–Trinajstić information content (AvgIpc) is 2.79. The largest absolute Gasteiger partial charge is 0.497 e. The minimum Gasteiger partial charge on any atom is -0.497 e. The summed E-state index contributed by atoms with van der Waals surface area (Å²) >= 11 is 5.05. The lowest BCUT2D eigenvalue weighted by Gasteiger charge is -2.13. The van der Waals surface area contributed by atoms with Gasteiger partial charge < -0.3 is 14.6 Å². The number of amides is 1. The molecule has 0 saturated heterocycles. The topological polar surface area (TPSA) is 71.9 Å². The molecule has 1 heterocycles. The van der Waals surface area contributed by atoms with Gasteiger partial charge in [0.2, 0.25) is 0 Å². The number of nitrogens with zero attached hydrogens (tertiary/aromatic N) is 2. The summed E-state index contributed by atoms with van der Waals surface area (Å²) in [5.41, 5.74) is 0.564. The molecule has 6 nitrogen and oxygen atoms in total. The molecule has 0 aliphatic rings. The molecule has 0 spiro atoms. The Kier molecular flexibility index (Phi) is 4.19. The molecule has 1 unspecified atom stereocenters. The summed E-state index contributed by atoms with van der Waals surface area (Å²) in [7, 11) is 3.39. The molecule has 1 aromatic heterocycles. The van der Waals surface area contributed by atoms with Crippen molar-refractivity contribution in [3.8, 4) is 5.75 Å². The zero-order valence-corrected chi connectivity index (χ0v) is 12.3.